The van der Waals surface area contributed by atoms with Crippen LogP contribution >= 0.6 is 23.1 Å². The minimum absolute atomic E-state index is 0.0471. The summed E-state index contributed by atoms with van der Waals surface area (Å²) in [4.78, 5) is 0.899. The first-order chi connectivity index (χ1) is 9.05. The highest BCUT2D eigenvalue weighted by molar-refractivity contribution is 7.99. The van der Waals surface area contributed by atoms with Crippen LogP contribution in [0.4, 0.5) is 0 Å². The van der Waals surface area contributed by atoms with E-state index in [9.17, 15) is 8.42 Å². The van der Waals surface area contributed by atoms with Gasteiger partial charge in [0.25, 0.3) is 0 Å². The second-order valence-corrected chi connectivity index (χ2v) is 8.93. The molecule has 1 saturated carbocycles. The number of sulfonamides is 1. The molecule has 7 heteroatoms. The smallest absolute Gasteiger partial charge is 0.250 e. The average molecular weight is 321 g/mol. The molecule has 1 aliphatic carbocycles. The molecule has 1 aromatic heterocycles. The zero-order valence-corrected chi connectivity index (χ0v) is 13.3. The van der Waals surface area contributed by atoms with Crippen LogP contribution in [0.15, 0.2) is 16.3 Å². The first-order valence-corrected chi connectivity index (χ1v) is 9.88. The number of rotatable bonds is 6. The van der Waals surface area contributed by atoms with Gasteiger partial charge in [-0.15, -0.1) is 11.3 Å². The van der Waals surface area contributed by atoms with Crippen molar-refractivity contribution < 1.29 is 13.5 Å². The average Bonchev–Trinajstić information content (AvgIpc) is 2.98. The van der Waals surface area contributed by atoms with Gasteiger partial charge < -0.3 is 5.11 Å². The molecule has 2 N–H and O–H groups in total. The maximum absolute atomic E-state index is 12.2. The summed E-state index contributed by atoms with van der Waals surface area (Å²) in [7, 11) is -3.40. The number of thioether (sulfide) groups is 1. The predicted octanol–water partition coefficient (Wildman–Crippen LogP) is 1.85. The summed E-state index contributed by atoms with van der Waals surface area (Å²) < 4.78 is 27.6. The second kappa shape index (κ2) is 6.58. The molecule has 2 atom stereocenters. The summed E-state index contributed by atoms with van der Waals surface area (Å²) in [6.45, 7) is 0.0471. The van der Waals surface area contributed by atoms with Crippen molar-refractivity contribution in [2.24, 2.45) is 0 Å². The van der Waals surface area contributed by atoms with Crippen LogP contribution in [0.25, 0.3) is 0 Å². The number of hydrogen-bond donors (Lipinski definition) is 2. The molecule has 1 fully saturated rings. The van der Waals surface area contributed by atoms with Gasteiger partial charge >= 0.3 is 0 Å². The van der Waals surface area contributed by atoms with Crippen molar-refractivity contribution in [2.75, 3.05) is 12.9 Å². The Labute approximate surface area is 122 Å². The van der Waals surface area contributed by atoms with Gasteiger partial charge in [-0.2, -0.15) is 11.8 Å². The largest absolute Gasteiger partial charge is 0.396 e. The zero-order chi connectivity index (χ0) is 13.9. The molecule has 0 saturated heterocycles. The van der Waals surface area contributed by atoms with Gasteiger partial charge in [0, 0.05) is 29.2 Å². The standard InChI is InChI=1S/C12H19NO3S3/c1-17-11-3-2-9(8-11)13-19(15,16)12-5-4-10(18-12)6-7-14/h4-5,9,11,13-14H,2-3,6-8H2,1H3. The Morgan fingerprint density at radius 2 is 2.26 bits per heavy atom. The molecule has 1 aliphatic rings. The van der Waals surface area contributed by atoms with Crippen LogP contribution in [0.3, 0.4) is 0 Å². The third kappa shape index (κ3) is 3.95. The van der Waals surface area contributed by atoms with E-state index < -0.39 is 10.0 Å². The van der Waals surface area contributed by atoms with Crippen molar-refractivity contribution in [3.63, 3.8) is 0 Å². The molecule has 0 aromatic carbocycles. The molecular weight excluding hydrogens is 302 g/mol. The highest BCUT2D eigenvalue weighted by Gasteiger charge is 2.28. The van der Waals surface area contributed by atoms with Crippen LogP contribution in [0.2, 0.25) is 0 Å². The van der Waals surface area contributed by atoms with Crippen LogP contribution in [0.5, 0.6) is 0 Å². The fraction of sp³-hybridized carbons (Fsp3) is 0.667. The van der Waals surface area contributed by atoms with Crippen LogP contribution < -0.4 is 4.72 Å². The lowest BCUT2D eigenvalue weighted by Gasteiger charge is -2.12. The molecule has 1 aromatic rings. The summed E-state index contributed by atoms with van der Waals surface area (Å²) in [5, 5.41) is 9.43. The number of aliphatic hydroxyl groups is 1. The second-order valence-electron chi connectivity index (χ2n) is 4.68. The van der Waals surface area contributed by atoms with Crippen molar-refractivity contribution in [2.45, 2.75) is 41.2 Å². The van der Waals surface area contributed by atoms with Crippen LogP contribution in [0, 0.1) is 0 Å². The van der Waals surface area contributed by atoms with Crippen molar-refractivity contribution in [3.8, 4) is 0 Å². The van der Waals surface area contributed by atoms with E-state index in [1.807, 2.05) is 11.8 Å². The normalized spacial score (nSPS) is 23.9. The summed E-state index contributed by atoms with van der Waals surface area (Å²) in [6.07, 6.45) is 5.49. The maximum Gasteiger partial charge on any atom is 0.250 e. The van der Waals surface area contributed by atoms with Gasteiger partial charge in [0.2, 0.25) is 10.0 Å². The third-order valence-electron chi connectivity index (χ3n) is 3.30. The van der Waals surface area contributed by atoms with Gasteiger partial charge in [-0.05, 0) is 37.7 Å². The Hall–Kier alpha value is -0.0800. The molecule has 1 heterocycles. The summed E-state index contributed by atoms with van der Waals surface area (Å²) in [5.74, 6) is 0. The van der Waals surface area contributed by atoms with E-state index in [0.29, 0.717) is 15.9 Å². The lowest BCUT2D eigenvalue weighted by molar-refractivity contribution is 0.300. The molecule has 0 radical (unpaired) electrons. The quantitative estimate of drug-likeness (QED) is 0.839. The Balaban J connectivity index is 2.01. The SMILES string of the molecule is CSC1CCC(NS(=O)(=O)c2ccc(CCO)s2)C1. The van der Waals surface area contributed by atoms with E-state index in [2.05, 4.69) is 11.0 Å². The first kappa shape index (κ1) is 15.3. The lowest BCUT2D eigenvalue weighted by atomic mass is 10.3. The maximum atomic E-state index is 12.2. The van der Waals surface area contributed by atoms with Gasteiger partial charge in [-0.1, -0.05) is 0 Å². The van der Waals surface area contributed by atoms with E-state index in [4.69, 9.17) is 5.11 Å². The van der Waals surface area contributed by atoms with Crippen LogP contribution in [-0.4, -0.2) is 37.7 Å². The molecule has 4 nitrogen and oxygen atoms in total. The van der Waals surface area contributed by atoms with Gasteiger partial charge in [0.15, 0.2) is 0 Å². The Kier molecular flexibility index (Phi) is 5.30. The lowest BCUT2D eigenvalue weighted by Crippen LogP contribution is -2.32. The van der Waals surface area contributed by atoms with Gasteiger partial charge in [-0.25, -0.2) is 13.1 Å². The number of hydrogen-bond acceptors (Lipinski definition) is 5. The van der Waals surface area contributed by atoms with E-state index in [1.165, 1.54) is 11.3 Å². The fourth-order valence-electron chi connectivity index (χ4n) is 2.29. The molecule has 0 aliphatic heterocycles. The van der Waals surface area contributed by atoms with Crippen molar-refractivity contribution in [1.82, 2.24) is 4.72 Å². The predicted molar refractivity (Wildman–Crippen MR) is 80.4 cm³/mol. The fourth-order valence-corrected chi connectivity index (χ4v) is 5.73. The third-order valence-corrected chi connectivity index (χ3v) is 7.55. The van der Waals surface area contributed by atoms with Crippen molar-refractivity contribution in [3.05, 3.63) is 17.0 Å². The van der Waals surface area contributed by atoms with E-state index >= 15 is 0 Å². The van der Waals surface area contributed by atoms with Gasteiger partial charge in [-0.3, -0.25) is 0 Å². The molecule has 0 amide bonds. The zero-order valence-electron chi connectivity index (χ0n) is 10.8. The van der Waals surface area contributed by atoms with Crippen LogP contribution in [0.1, 0.15) is 24.1 Å². The number of aliphatic hydroxyl groups excluding tert-OH is 1. The Morgan fingerprint density at radius 1 is 1.47 bits per heavy atom. The van der Waals surface area contributed by atoms with E-state index in [-0.39, 0.29) is 12.6 Å². The van der Waals surface area contributed by atoms with E-state index in [1.54, 1.807) is 12.1 Å². The Morgan fingerprint density at radius 3 is 2.89 bits per heavy atom. The molecule has 19 heavy (non-hydrogen) atoms. The topological polar surface area (TPSA) is 66.4 Å². The summed E-state index contributed by atoms with van der Waals surface area (Å²) >= 11 is 3.05. The highest BCUT2D eigenvalue weighted by Crippen LogP contribution is 2.30. The minimum atomic E-state index is -3.40. The van der Waals surface area contributed by atoms with Crippen LogP contribution in [-0.2, 0) is 16.4 Å². The summed E-state index contributed by atoms with van der Waals surface area (Å²) in [6, 6.07) is 3.46. The van der Waals surface area contributed by atoms with E-state index in [0.717, 1.165) is 24.1 Å². The highest BCUT2D eigenvalue weighted by atomic mass is 32.2. The molecule has 2 unspecified atom stereocenters. The van der Waals surface area contributed by atoms with Crippen molar-refractivity contribution >= 4 is 33.1 Å². The molecular formula is C12H19NO3S3. The molecule has 2 rings (SSSR count). The monoisotopic (exact) mass is 321 g/mol. The summed E-state index contributed by atoms with van der Waals surface area (Å²) in [5.41, 5.74) is 0. The number of nitrogens with one attached hydrogen (secondary N) is 1. The molecule has 0 bridgehead atoms. The molecule has 108 valence electrons. The minimum Gasteiger partial charge on any atom is -0.396 e. The van der Waals surface area contributed by atoms with Gasteiger partial charge in [0.1, 0.15) is 4.21 Å². The van der Waals surface area contributed by atoms with Gasteiger partial charge in [0.05, 0.1) is 0 Å². The number of thiophene rings is 1. The Bertz CT molecular complexity index is 512. The first-order valence-electron chi connectivity index (χ1n) is 6.30. The van der Waals surface area contributed by atoms with Crippen molar-refractivity contribution in [1.29, 1.82) is 0 Å². The molecule has 0 spiro atoms.